The summed E-state index contributed by atoms with van der Waals surface area (Å²) >= 11 is 0. The van der Waals surface area contributed by atoms with Crippen LogP contribution in [-0.2, 0) is 12.8 Å². The lowest BCUT2D eigenvalue weighted by Crippen LogP contribution is -2.45. The van der Waals surface area contributed by atoms with Gasteiger partial charge in [-0.3, -0.25) is 4.90 Å². The molecule has 2 rings (SSSR count). The topological polar surface area (TPSA) is 49.5 Å². The summed E-state index contributed by atoms with van der Waals surface area (Å²) in [4.78, 5) is 6.87. The number of piperidine rings is 1. The molecule has 0 spiro atoms. The van der Waals surface area contributed by atoms with Crippen LogP contribution in [0.25, 0.3) is 0 Å². The van der Waals surface area contributed by atoms with Crippen LogP contribution >= 0.6 is 0 Å². The van der Waals surface area contributed by atoms with Gasteiger partial charge in [0.15, 0.2) is 5.89 Å². The Hall–Kier alpha value is -0.870. The van der Waals surface area contributed by atoms with Crippen LogP contribution in [0.5, 0.6) is 0 Å². The Morgan fingerprint density at radius 2 is 2.33 bits per heavy atom. The van der Waals surface area contributed by atoms with E-state index in [0.717, 1.165) is 18.1 Å². The second-order valence-corrected chi connectivity index (χ2v) is 5.38. The van der Waals surface area contributed by atoms with Crippen molar-refractivity contribution >= 4 is 0 Å². The number of likely N-dealkylation sites (tertiary alicyclic amines) is 1. The van der Waals surface area contributed by atoms with E-state index in [0.29, 0.717) is 18.5 Å². The zero-order valence-corrected chi connectivity index (χ0v) is 11.4. The maximum absolute atomic E-state index is 8.87. The largest absolute Gasteiger partial charge is 0.446 e. The van der Waals surface area contributed by atoms with E-state index in [1.807, 2.05) is 0 Å². The van der Waals surface area contributed by atoms with E-state index < -0.39 is 0 Å². The number of aliphatic hydroxyl groups excluding tert-OH is 1. The molecule has 0 aromatic carbocycles. The number of aliphatic hydroxyl groups is 1. The highest BCUT2D eigenvalue weighted by Crippen LogP contribution is 2.22. The van der Waals surface area contributed by atoms with Gasteiger partial charge in [-0.2, -0.15) is 0 Å². The highest BCUT2D eigenvalue weighted by Gasteiger charge is 2.25. The predicted octanol–water partition coefficient (Wildman–Crippen LogP) is 2.01. The third-order valence-electron chi connectivity index (χ3n) is 3.71. The van der Waals surface area contributed by atoms with Crippen molar-refractivity contribution in [3.05, 3.63) is 17.8 Å². The number of aromatic nitrogens is 1. The molecule has 4 heteroatoms. The molecule has 4 nitrogen and oxygen atoms in total. The summed E-state index contributed by atoms with van der Waals surface area (Å²) in [7, 11) is 0. The van der Waals surface area contributed by atoms with Crippen molar-refractivity contribution in [1.82, 2.24) is 9.88 Å². The third-order valence-corrected chi connectivity index (χ3v) is 3.71. The smallest absolute Gasteiger partial charge is 0.195 e. The molecule has 102 valence electrons. The molecule has 18 heavy (non-hydrogen) atoms. The standard InChI is InChI=1S/C14H24N2O2/c1-11(2)16-7-4-3-5-12(16)9-14-15-10-13(18-14)6-8-17/h10-12,17H,3-9H2,1-2H3. The van der Waals surface area contributed by atoms with Gasteiger partial charge in [-0.1, -0.05) is 6.42 Å². The summed E-state index contributed by atoms with van der Waals surface area (Å²) in [6, 6.07) is 1.14. The van der Waals surface area contributed by atoms with Gasteiger partial charge in [0.05, 0.1) is 12.8 Å². The van der Waals surface area contributed by atoms with Gasteiger partial charge in [0.25, 0.3) is 0 Å². The molecule has 1 aliphatic heterocycles. The zero-order valence-electron chi connectivity index (χ0n) is 11.4. The Bertz CT molecular complexity index is 362. The van der Waals surface area contributed by atoms with Gasteiger partial charge in [-0.15, -0.1) is 0 Å². The van der Waals surface area contributed by atoms with Gasteiger partial charge < -0.3 is 9.52 Å². The van der Waals surface area contributed by atoms with Gasteiger partial charge in [0.2, 0.25) is 0 Å². The van der Waals surface area contributed by atoms with E-state index in [4.69, 9.17) is 9.52 Å². The van der Waals surface area contributed by atoms with E-state index in [1.165, 1.54) is 25.8 Å². The van der Waals surface area contributed by atoms with E-state index in [9.17, 15) is 0 Å². The molecule has 1 N–H and O–H groups in total. The van der Waals surface area contributed by atoms with Crippen molar-refractivity contribution in [3.8, 4) is 0 Å². The fourth-order valence-corrected chi connectivity index (χ4v) is 2.79. The zero-order chi connectivity index (χ0) is 13.0. The van der Waals surface area contributed by atoms with E-state index >= 15 is 0 Å². The molecule has 0 amide bonds. The van der Waals surface area contributed by atoms with E-state index in [1.54, 1.807) is 6.20 Å². The van der Waals surface area contributed by atoms with Gasteiger partial charge in [0.1, 0.15) is 5.76 Å². The average Bonchev–Trinajstić information content (AvgIpc) is 2.77. The van der Waals surface area contributed by atoms with Crippen molar-refractivity contribution in [2.24, 2.45) is 0 Å². The normalized spacial score (nSPS) is 21.7. The Balaban J connectivity index is 1.97. The van der Waals surface area contributed by atoms with Crippen LogP contribution in [-0.4, -0.2) is 40.2 Å². The first-order valence-corrected chi connectivity index (χ1v) is 7.01. The molecule has 2 heterocycles. The van der Waals surface area contributed by atoms with Crippen molar-refractivity contribution in [2.75, 3.05) is 13.2 Å². The van der Waals surface area contributed by atoms with E-state index in [2.05, 4.69) is 23.7 Å². The molecular weight excluding hydrogens is 228 g/mol. The second-order valence-electron chi connectivity index (χ2n) is 5.38. The first kappa shape index (κ1) is 13.6. The maximum atomic E-state index is 8.87. The monoisotopic (exact) mass is 252 g/mol. The summed E-state index contributed by atoms with van der Waals surface area (Å²) in [6.45, 7) is 5.82. The van der Waals surface area contributed by atoms with Crippen molar-refractivity contribution < 1.29 is 9.52 Å². The minimum Gasteiger partial charge on any atom is -0.446 e. The van der Waals surface area contributed by atoms with Crippen molar-refractivity contribution in [3.63, 3.8) is 0 Å². The minimum atomic E-state index is 0.121. The fraction of sp³-hybridized carbons (Fsp3) is 0.786. The summed E-state index contributed by atoms with van der Waals surface area (Å²) in [5.74, 6) is 1.61. The molecule has 1 aliphatic rings. The summed E-state index contributed by atoms with van der Waals surface area (Å²) in [5, 5.41) is 8.87. The lowest BCUT2D eigenvalue weighted by atomic mass is 9.98. The first-order valence-electron chi connectivity index (χ1n) is 7.01. The highest BCUT2D eigenvalue weighted by atomic mass is 16.4. The molecule has 1 aromatic heterocycles. The molecule has 0 bridgehead atoms. The van der Waals surface area contributed by atoms with Crippen LogP contribution in [0.15, 0.2) is 10.6 Å². The number of hydrogen-bond acceptors (Lipinski definition) is 4. The SMILES string of the molecule is CC(C)N1CCCCC1Cc1ncc(CCO)o1. The second kappa shape index (κ2) is 6.34. The minimum absolute atomic E-state index is 0.121. The molecule has 1 fully saturated rings. The molecule has 1 atom stereocenters. The Morgan fingerprint density at radius 3 is 3.06 bits per heavy atom. The lowest BCUT2D eigenvalue weighted by Gasteiger charge is -2.38. The molecule has 0 saturated carbocycles. The Labute approximate surface area is 109 Å². The fourth-order valence-electron chi connectivity index (χ4n) is 2.79. The molecule has 0 aliphatic carbocycles. The lowest BCUT2D eigenvalue weighted by molar-refractivity contribution is 0.106. The van der Waals surface area contributed by atoms with Gasteiger partial charge in [0, 0.05) is 24.9 Å². The van der Waals surface area contributed by atoms with Gasteiger partial charge >= 0.3 is 0 Å². The summed E-state index contributed by atoms with van der Waals surface area (Å²) < 4.78 is 5.66. The average molecular weight is 252 g/mol. The van der Waals surface area contributed by atoms with Crippen LogP contribution in [0, 0.1) is 0 Å². The molecule has 1 aromatic rings. The molecule has 0 radical (unpaired) electrons. The predicted molar refractivity (Wildman–Crippen MR) is 70.5 cm³/mol. The quantitative estimate of drug-likeness (QED) is 0.871. The third kappa shape index (κ3) is 3.33. The van der Waals surface area contributed by atoms with Crippen LogP contribution in [0.2, 0.25) is 0 Å². The number of rotatable bonds is 5. The highest BCUT2D eigenvalue weighted by molar-refractivity contribution is 4.97. The summed E-state index contributed by atoms with van der Waals surface area (Å²) in [5.41, 5.74) is 0. The summed E-state index contributed by atoms with van der Waals surface area (Å²) in [6.07, 6.45) is 7.03. The van der Waals surface area contributed by atoms with E-state index in [-0.39, 0.29) is 6.61 Å². The van der Waals surface area contributed by atoms with Crippen LogP contribution in [0.4, 0.5) is 0 Å². The van der Waals surface area contributed by atoms with Crippen molar-refractivity contribution in [1.29, 1.82) is 0 Å². The van der Waals surface area contributed by atoms with Crippen LogP contribution < -0.4 is 0 Å². The number of oxazole rings is 1. The molecule has 1 unspecified atom stereocenters. The molecular formula is C14H24N2O2. The first-order chi connectivity index (χ1) is 8.70. The van der Waals surface area contributed by atoms with Crippen LogP contribution in [0.3, 0.4) is 0 Å². The van der Waals surface area contributed by atoms with Crippen molar-refractivity contribution in [2.45, 2.75) is 58.0 Å². The Kier molecular flexibility index (Phi) is 4.78. The van der Waals surface area contributed by atoms with Crippen LogP contribution in [0.1, 0.15) is 44.8 Å². The number of hydrogen-bond donors (Lipinski definition) is 1. The van der Waals surface area contributed by atoms with Gasteiger partial charge in [-0.25, -0.2) is 4.98 Å². The Morgan fingerprint density at radius 1 is 1.50 bits per heavy atom. The maximum Gasteiger partial charge on any atom is 0.195 e. The number of nitrogens with zero attached hydrogens (tertiary/aromatic N) is 2. The molecule has 1 saturated heterocycles. The van der Waals surface area contributed by atoms with Gasteiger partial charge in [-0.05, 0) is 33.2 Å².